The third-order valence-corrected chi connectivity index (χ3v) is 5.59. The van der Waals surface area contributed by atoms with Crippen LogP contribution in [0.3, 0.4) is 0 Å². The molecule has 0 bridgehead atoms. The SMILES string of the molecule is Cc1cc(Nc2cc(C(F)(F)F)ccn2)nc(-c2ccc(N3CC[C@H](NC(=O)OC(C)(C)C)C3)nc2)c1. The molecule has 0 radical (unpaired) electrons. The van der Waals surface area contributed by atoms with E-state index < -0.39 is 23.4 Å². The van der Waals surface area contributed by atoms with E-state index in [1.165, 1.54) is 0 Å². The number of carbonyl (C=O) groups excluding carboxylic acids is 1. The Morgan fingerprint density at radius 3 is 2.54 bits per heavy atom. The fourth-order valence-corrected chi connectivity index (χ4v) is 3.97. The first-order valence-electron chi connectivity index (χ1n) is 11.9. The third kappa shape index (κ3) is 7.08. The maximum Gasteiger partial charge on any atom is 0.416 e. The second-order valence-electron chi connectivity index (χ2n) is 9.95. The van der Waals surface area contributed by atoms with Crippen LogP contribution in [0.15, 0.2) is 48.8 Å². The summed E-state index contributed by atoms with van der Waals surface area (Å²) in [7, 11) is 0. The normalized spacial score (nSPS) is 16.0. The van der Waals surface area contributed by atoms with Gasteiger partial charge in [0.25, 0.3) is 0 Å². The molecule has 0 saturated carbocycles. The highest BCUT2D eigenvalue weighted by Crippen LogP contribution is 2.31. The topological polar surface area (TPSA) is 92.3 Å². The monoisotopic (exact) mass is 514 g/mol. The van der Waals surface area contributed by atoms with Gasteiger partial charge in [0.1, 0.15) is 23.1 Å². The van der Waals surface area contributed by atoms with E-state index in [0.717, 1.165) is 48.2 Å². The smallest absolute Gasteiger partial charge is 0.416 e. The molecule has 4 rings (SSSR count). The number of ether oxygens (including phenoxy) is 1. The van der Waals surface area contributed by atoms with Gasteiger partial charge in [0.05, 0.1) is 17.3 Å². The average Bonchev–Trinajstić information content (AvgIpc) is 3.25. The Labute approximate surface area is 213 Å². The summed E-state index contributed by atoms with van der Waals surface area (Å²) in [6.45, 7) is 8.70. The molecule has 1 atom stereocenters. The van der Waals surface area contributed by atoms with Crippen LogP contribution in [-0.4, -0.2) is 45.8 Å². The van der Waals surface area contributed by atoms with Gasteiger partial charge in [-0.25, -0.2) is 19.7 Å². The van der Waals surface area contributed by atoms with Crippen molar-refractivity contribution in [2.24, 2.45) is 0 Å². The number of aryl methyl sites for hydroxylation is 1. The molecule has 3 aromatic rings. The second-order valence-corrected chi connectivity index (χ2v) is 9.95. The van der Waals surface area contributed by atoms with Crippen molar-refractivity contribution in [3.63, 3.8) is 0 Å². The van der Waals surface area contributed by atoms with Crippen LogP contribution in [0.5, 0.6) is 0 Å². The Kier molecular flexibility index (Phi) is 7.24. The average molecular weight is 515 g/mol. The van der Waals surface area contributed by atoms with Gasteiger partial charge in [0, 0.05) is 31.0 Å². The third-order valence-electron chi connectivity index (χ3n) is 5.59. The summed E-state index contributed by atoms with van der Waals surface area (Å²) >= 11 is 0. The fraction of sp³-hybridized carbons (Fsp3) is 0.385. The summed E-state index contributed by atoms with van der Waals surface area (Å²) < 4.78 is 44.4. The molecule has 11 heteroatoms. The van der Waals surface area contributed by atoms with Crippen molar-refractivity contribution in [3.8, 4) is 11.3 Å². The number of amides is 1. The van der Waals surface area contributed by atoms with Crippen LogP contribution in [0.1, 0.15) is 38.3 Å². The molecule has 0 aromatic carbocycles. The molecule has 1 aliphatic heterocycles. The van der Waals surface area contributed by atoms with Crippen LogP contribution >= 0.6 is 0 Å². The number of nitrogens with zero attached hydrogens (tertiary/aromatic N) is 4. The minimum absolute atomic E-state index is 0.0344. The highest BCUT2D eigenvalue weighted by Gasteiger charge is 2.31. The van der Waals surface area contributed by atoms with E-state index in [1.807, 2.05) is 45.9 Å². The zero-order valence-corrected chi connectivity index (χ0v) is 21.1. The molecule has 0 unspecified atom stereocenters. The van der Waals surface area contributed by atoms with Crippen molar-refractivity contribution in [3.05, 3.63) is 59.9 Å². The minimum Gasteiger partial charge on any atom is -0.444 e. The molecule has 37 heavy (non-hydrogen) atoms. The molecule has 8 nitrogen and oxygen atoms in total. The largest absolute Gasteiger partial charge is 0.444 e. The van der Waals surface area contributed by atoms with Gasteiger partial charge in [0.2, 0.25) is 0 Å². The van der Waals surface area contributed by atoms with Crippen LogP contribution in [0, 0.1) is 6.92 Å². The minimum atomic E-state index is -4.46. The summed E-state index contributed by atoms with van der Waals surface area (Å²) in [5, 5.41) is 5.76. The highest BCUT2D eigenvalue weighted by atomic mass is 19.4. The maximum atomic E-state index is 13.0. The van der Waals surface area contributed by atoms with Gasteiger partial charge in [0.15, 0.2) is 0 Å². The number of rotatable bonds is 5. The Bertz CT molecular complexity index is 1260. The quantitative estimate of drug-likeness (QED) is 0.450. The number of carbonyl (C=O) groups is 1. The van der Waals surface area contributed by atoms with Gasteiger partial charge in [-0.2, -0.15) is 13.2 Å². The maximum absolute atomic E-state index is 13.0. The predicted octanol–water partition coefficient (Wildman–Crippen LogP) is 5.71. The number of hydrogen-bond acceptors (Lipinski definition) is 7. The van der Waals surface area contributed by atoms with Crippen molar-refractivity contribution < 1.29 is 22.7 Å². The summed E-state index contributed by atoms with van der Waals surface area (Å²) in [6, 6.07) is 9.22. The van der Waals surface area contributed by atoms with Crippen molar-refractivity contribution >= 4 is 23.5 Å². The predicted molar refractivity (Wildman–Crippen MR) is 135 cm³/mol. The highest BCUT2D eigenvalue weighted by molar-refractivity contribution is 5.68. The van der Waals surface area contributed by atoms with Gasteiger partial charge in [-0.3, -0.25) is 0 Å². The van der Waals surface area contributed by atoms with E-state index in [1.54, 1.807) is 12.3 Å². The molecule has 196 valence electrons. The molecule has 3 aromatic heterocycles. The number of hydrogen-bond donors (Lipinski definition) is 2. The Hall–Kier alpha value is -3.89. The summed E-state index contributed by atoms with van der Waals surface area (Å²) in [4.78, 5) is 27.2. The van der Waals surface area contributed by atoms with Crippen LogP contribution < -0.4 is 15.5 Å². The van der Waals surface area contributed by atoms with Crippen LogP contribution in [0.4, 0.5) is 35.4 Å². The lowest BCUT2D eigenvalue weighted by atomic mass is 10.1. The lowest BCUT2D eigenvalue weighted by molar-refractivity contribution is -0.137. The molecule has 2 N–H and O–H groups in total. The summed E-state index contributed by atoms with van der Waals surface area (Å²) in [5.41, 5.74) is 0.916. The van der Waals surface area contributed by atoms with Gasteiger partial charge in [-0.05, 0) is 76.1 Å². The number of alkyl halides is 3. The lowest BCUT2D eigenvalue weighted by Gasteiger charge is -2.22. The van der Waals surface area contributed by atoms with Crippen LogP contribution in [0.2, 0.25) is 0 Å². The number of aromatic nitrogens is 3. The number of halogens is 3. The molecular formula is C26H29F3N6O2. The van der Waals surface area contributed by atoms with E-state index in [-0.39, 0.29) is 11.9 Å². The first-order valence-corrected chi connectivity index (χ1v) is 11.9. The van der Waals surface area contributed by atoms with Gasteiger partial charge < -0.3 is 20.3 Å². The summed E-state index contributed by atoms with van der Waals surface area (Å²) in [5.74, 6) is 1.20. The number of nitrogens with one attached hydrogen (secondary N) is 2. The zero-order valence-electron chi connectivity index (χ0n) is 21.1. The molecule has 0 aliphatic carbocycles. The van der Waals surface area contributed by atoms with E-state index in [2.05, 4.69) is 30.5 Å². The van der Waals surface area contributed by atoms with Gasteiger partial charge in [-0.15, -0.1) is 0 Å². The van der Waals surface area contributed by atoms with Crippen molar-refractivity contribution in [1.29, 1.82) is 0 Å². The molecule has 1 saturated heterocycles. The van der Waals surface area contributed by atoms with Crippen LogP contribution in [-0.2, 0) is 10.9 Å². The van der Waals surface area contributed by atoms with Crippen molar-refractivity contribution in [1.82, 2.24) is 20.3 Å². The first-order chi connectivity index (χ1) is 17.4. The zero-order chi connectivity index (χ0) is 26.8. The molecule has 1 amide bonds. The Balaban J connectivity index is 1.43. The molecular weight excluding hydrogens is 485 g/mol. The standard InChI is InChI=1S/C26H29F3N6O2/c1-16-11-20(33-22(12-16)34-21-13-18(7-9-30-21)26(27,28)29)17-5-6-23(31-14-17)35-10-8-19(15-35)32-24(36)37-25(2,3)4/h5-7,9,11-14,19H,8,10,15H2,1-4H3,(H,32,36)(H,30,33,34)/t19-/m0/s1. The molecule has 0 spiro atoms. The van der Waals surface area contributed by atoms with E-state index in [0.29, 0.717) is 18.1 Å². The van der Waals surface area contributed by atoms with E-state index in [9.17, 15) is 18.0 Å². The Morgan fingerprint density at radius 2 is 1.86 bits per heavy atom. The van der Waals surface area contributed by atoms with Gasteiger partial charge >= 0.3 is 12.3 Å². The van der Waals surface area contributed by atoms with Crippen molar-refractivity contribution in [2.45, 2.75) is 51.9 Å². The molecule has 4 heterocycles. The molecule has 1 fully saturated rings. The summed E-state index contributed by atoms with van der Waals surface area (Å²) in [6.07, 6.45) is -1.30. The van der Waals surface area contributed by atoms with E-state index >= 15 is 0 Å². The number of pyridine rings is 3. The molecule has 1 aliphatic rings. The van der Waals surface area contributed by atoms with Crippen LogP contribution in [0.25, 0.3) is 11.3 Å². The number of alkyl carbamates (subject to hydrolysis) is 1. The Morgan fingerprint density at radius 1 is 1.08 bits per heavy atom. The second kappa shape index (κ2) is 10.2. The van der Waals surface area contributed by atoms with Crippen molar-refractivity contribution in [2.75, 3.05) is 23.3 Å². The lowest BCUT2D eigenvalue weighted by Crippen LogP contribution is -2.40. The first kappa shape index (κ1) is 26.2. The number of anilines is 3. The van der Waals surface area contributed by atoms with E-state index in [4.69, 9.17) is 4.74 Å². The van der Waals surface area contributed by atoms with Gasteiger partial charge in [-0.1, -0.05) is 0 Å². The fourth-order valence-electron chi connectivity index (χ4n) is 3.97.